The Balaban J connectivity index is 0.000000129. The average Bonchev–Trinajstić information content (AvgIpc) is 1.69. The lowest BCUT2D eigenvalue weighted by Crippen LogP contribution is -2.42. The molecule has 19 rings (SSSR count). The van der Waals surface area contributed by atoms with Crippen LogP contribution in [0.3, 0.4) is 0 Å². The fraction of sp³-hybridized carbons (Fsp3) is 0.396. The maximum atomic E-state index is 6.37. The van der Waals surface area contributed by atoms with Gasteiger partial charge in [0.25, 0.3) is 0 Å². The Hall–Kier alpha value is -12.5. The smallest absolute Gasteiger partial charge is 0.249 e. The molecule has 3 aliphatic rings. The first-order valence-corrected chi connectivity index (χ1v) is 51.1. The van der Waals surface area contributed by atoms with E-state index in [0.717, 1.165) is 127 Å². The first-order valence-electron chi connectivity index (χ1n) is 45.1. The van der Waals surface area contributed by atoms with E-state index in [4.69, 9.17) is 27.4 Å². The summed E-state index contributed by atoms with van der Waals surface area (Å²) in [7, 11) is -1.78. The van der Waals surface area contributed by atoms with Crippen LogP contribution in [0.15, 0.2) is 182 Å². The molecule has 0 radical (unpaired) electrons. The minimum Gasteiger partial charge on any atom is -0.542 e. The van der Waals surface area contributed by atoms with Gasteiger partial charge < -0.3 is 45.6 Å². The quantitative estimate of drug-likeness (QED) is 0.0722. The van der Waals surface area contributed by atoms with Crippen molar-refractivity contribution < 1.29 is 27.4 Å². The number of rotatable bonds is 18. The van der Waals surface area contributed by atoms with Gasteiger partial charge in [0.05, 0.1) is 97.9 Å². The molecule has 2 aliphatic heterocycles. The average molecular weight is 1770 g/mol. The molecule has 0 fully saturated rings. The molecule has 0 unspecified atom stereocenters. The topological polar surface area (TPSA) is 265 Å². The van der Waals surface area contributed by atoms with Crippen LogP contribution in [0.5, 0.6) is 17.4 Å². The predicted molar refractivity (Wildman–Crippen MR) is 517 cm³/mol. The molecular formula is C101H128N20O6Si2. The van der Waals surface area contributed by atoms with E-state index in [1.807, 2.05) is 118 Å². The third kappa shape index (κ3) is 21.4. The van der Waals surface area contributed by atoms with Gasteiger partial charge in [-0.15, -0.1) is 0 Å². The van der Waals surface area contributed by atoms with Gasteiger partial charge in [0, 0.05) is 53.0 Å². The largest absolute Gasteiger partial charge is 0.542 e. The first kappa shape index (κ1) is 94.1. The number of benzene rings is 6. The summed E-state index contributed by atoms with van der Waals surface area (Å²) in [6.45, 7) is 57.1. The number of methoxy groups -OCH3 is 1. The molecule has 129 heavy (non-hydrogen) atoms. The Bertz CT molecular complexity index is 6510. The van der Waals surface area contributed by atoms with E-state index in [1.165, 1.54) is 85.0 Å². The van der Waals surface area contributed by atoms with E-state index < -0.39 is 16.6 Å². The van der Waals surface area contributed by atoms with Gasteiger partial charge in [0.2, 0.25) is 22.5 Å². The van der Waals surface area contributed by atoms with Gasteiger partial charge in [-0.1, -0.05) is 151 Å². The second kappa shape index (κ2) is 40.4. The molecule has 0 saturated heterocycles. The van der Waals surface area contributed by atoms with Crippen LogP contribution < -0.4 is 19.1 Å². The Labute approximate surface area is 761 Å². The van der Waals surface area contributed by atoms with Gasteiger partial charge in [0.15, 0.2) is 11.2 Å². The number of ether oxygens (including phenoxy) is 2. The number of imidazole rings is 4. The van der Waals surface area contributed by atoms with Crippen molar-refractivity contribution in [3.63, 3.8) is 0 Å². The van der Waals surface area contributed by atoms with Crippen molar-refractivity contribution in [2.24, 2.45) is 0 Å². The third-order valence-corrected chi connectivity index (χ3v) is 28.0. The normalized spacial score (nSPS) is 13.2. The van der Waals surface area contributed by atoms with E-state index in [-0.39, 0.29) is 0 Å². The van der Waals surface area contributed by atoms with E-state index in [1.54, 1.807) is 54.2 Å². The van der Waals surface area contributed by atoms with E-state index >= 15 is 0 Å². The minimum atomic E-state index is -1.80. The SMILES string of the molecule is CCOc1cc(C(C)C)ccc1-n1cnc(C)n1.CCc1cn(-c2ccc(C(C)C)c3cnoc23)cn1.COc1nc(C(C)C)ccc1-n1cnc(C)c1.Cc1cn(-c2ccc(C(C)C)c3c2O[Si](C)(C)C3)cn1.Cc1cn(-c2ccc(C(C)C)c3c2[Si](C)(C)OC3)cn1.Cc1ncn(-c2ccc(C(C)C)c3c2CC3)n1.Cc1ncn(-c2ccc(C(C)C)c3cnoc23)n1. The summed E-state index contributed by atoms with van der Waals surface area (Å²) in [6.07, 6.45) is 27.6. The molecule has 0 N–H and O–H groups in total. The van der Waals surface area contributed by atoms with E-state index in [0.29, 0.717) is 53.9 Å². The van der Waals surface area contributed by atoms with Crippen molar-refractivity contribution in [1.82, 2.24) is 97.8 Å². The minimum absolute atomic E-state index is 0.391. The fourth-order valence-corrected chi connectivity index (χ4v) is 21.1. The molecule has 12 heterocycles. The van der Waals surface area contributed by atoms with Crippen LogP contribution in [0.1, 0.15) is 254 Å². The Morgan fingerprint density at radius 2 is 0.860 bits per heavy atom. The fourth-order valence-electron chi connectivity index (χ4n) is 16.6. The summed E-state index contributed by atoms with van der Waals surface area (Å²) in [5, 5.41) is 24.4. The van der Waals surface area contributed by atoms with Gasteiger partial charge in [-0.2, -0.15) is 15.3 Å². The lowest BCUT2D eigenvalue weighted by Gasteiger charge is -2.27. The van der Waals surface area contributed by atoms with Crippen molar-refractivity contribution in [2.75, 3.05) is 13.7 Å². The van der Waals surface area contributed by atoms with E-state index in [9.17, 15) is 0 Å². The molecule has 0 amide bonds. The summed E-state index contributed by atoms with van der Waals surface area (Å²) in [4.78, 5) is 34.2. The van der Waals surface area contributed by atoms with Crippen molar-refractivity contribution in [3.05, 3.63) is 274 Å². The van der Waals surface area contributed by atoms with Crippen LogP contribution in [-0.4, -0.2) is 128 Å². The molecule has 10 aromatic heterocycles. The number of aromatic nitrogens is 20. The zero-order valence-electron chi connectivity index (χ0n) is 80.3. The third-order valence-electron chi connectivity index (χ3n) is 23.4. The molecular weight excluding hydrogens is 1650 g/mol. The molecule has 0 atom stereocenters. The summed E-state index contributed by atoms with van der Waals surface area (Å²) >= 11 is 0. The van der Waals surface area contributed by atoms with Gasteiger partial charge in [-0.3, -0.25) is 0 Å². The summed E-state index contributed by atoms with van der Waals surface area (Å²) in [5.41, 5.74) is 27.9. The number of aryl methyl sites for hydroxylation is 7. The predicted octanol–water partition coefficient (Wildman–Crippen LogP) is 22.4. The zero-order valence-corrected chi connectivity index (χ0v) is 82.3. The van der Waals surface area contributed by atoms with Gasteiger partial charge in [-0.05, 0) is 251 Å². The highest BCUT2D eigenvalue weighted by atomic mass is 28.4. The number of fused-ring (bicyclic) bond motifs is 5. The highest BCUT2D eigenvalue weighted by molar-refractivity contribution is 6.86. The number of nitrogens with zero attached hydrogens (tertiary/aromatic N) is 20. The monoisotopic (exact) mass is 1770 g/mol. The molecule has 6 aromatic carbocycles. The maximum Gasteiger partial charge on any atom is 0.249 e. The summed E-state index contributed by atoms with van der Waals surface area (Å²) in [5.74, 6) is 8.32. The molecule has 1 aliphatic carbocycles. The van der Waals surface area contributed by atoms with Crippen molar-refractivity contribution >= 4 is 43.8 Å². The molecule has 0 spiro atoms. The maximum absolute atomic E-state index is 6.37. The number of hydrogen-bond acceptors (Lipinski definition) is 19. The summed E-state index contributed by atoms with van der Waals surface area (Å²) in [6, 6.07) is 33.0. The number of hydrogen-bond donors (Lipinski definition) is 0. The van der Waals surface area contributed by atoms with Gasteiger partial charge >= 0.3 is 0 Å². The molecule has 16 aromatic rings. The Kier molecular flexibility index (Phi) is 29.5. The highest BCUT2D eigenvalue weighted by Crippen LogP contribution is 2.43. The number of pyridine rings is 1. The van der Waals surface area contributed by atoms with Crippen LogP contribution in [0.25, 0.3) is 61.8 Å². The van der Waals surface area contributed by atoms with Crippen LogP contribution in [0.4, 0.5) is 0 Å². The van der Waals surface area contributed by atoms with Crippen LogP contribution >= 0.6 is 0 Å². The van der Waals surface area contributed by atoms with Crippen LogP contribution in [0.2, 0.25) is 26.2 Å². The molecule has 28 heteroatoms. The molecule has 0 bridgehead atoms. The standard InChI is InChI=1S/2C16H22N2OSi.C15H17N3O.C14H19N3O.C14H17N3.C13H14N4O.C13H17N3O/c1-11(2)13-6-7-15(18-8-12(3)17-10-18)16-14(13)9-20(4,5)19-16;1-11(2)13-6-7-15(18-8-12(3)17-10-18)16-14(13)9-19-20(16,4)5;1-4-11-8-18(9-16-11)14-6-5-12(10(2)3)13-7-17-19-15(13)14;1-5-18-14-8-12(10(2)3)6-7-13(14)17-9-15-11(4)16-17;1-9(2)11-6-7-14(13-5-4-12(11)13)17-8-15-10(3)16-17;1-8(2)10-4-5-12(13-11(10)6-15-18-13)17-7-14-9(3)16-17;1-9(2)11-5-6-12(13(15-11)17-4)16-7-10(3)14-8-16/h2*6-8,10-11H,9H2,1-5H3;5-10H,4H2,1-3H3;6-10H,5H2,1-4H3;6-9H,4-5H2,1-3H3;4-8H,1-3H3;5-9H,1-4H3. The van der Waals surface area contributed by atoms with Gasteiger partial charge in [-0.25, -0.2) is 53.9 Å². The van der Waals surface area contributed by atoms with Crippen molar-refractivity contribution in [3.8, 4) is 57.2 Å². The van der Waals surface area contributed by atoms with Gasteiger partial charge in [0.1, 0.15) is 65.0 Å². The second-order valence-corrected chi connectivity index (χ2v) is 44.5. The summed E-state index contributed by atoms with van der Waals surface area (Å²) < 4.78 is 47.9. The zero-order chi connectivity index (χ0) is 92.6. The second-order valence-electron chi connectivity index (χ2n) is 36.6. The van der Waals surface area contributed by atoms with Crippen LogP contribution in [-0.2, 0) is 36.3 Å². The molecule has 26 nitrogen and oxygen atoms in total. The lowest BCUT2D eigenvalue weighted by molar-refractivity contribution is 0.318. The first-order chi connectivity index (χ1) is 61.5. The Morgan fingerprint density at radius 1 is 0.419 bits per heavy atom. The highest BCUT2D eigenvalue weighted by Gasteiger charge is 2.40. The van der Waals surface area contributed by atoms with E-state index in [2.05, 4.69) is 284 Å². The molecule has 676 valence electrons. The lowest BCUT2D eigenvalue weighted by atomic mass is 9.80. The van der Waals surface area contributed by atoms with Crippen molar-refractivity contribution in [2.45, 2.75) is 252 Å². The Morgan fingerprint density at radius 3 is 1.33 bits per heavy atom. The molecule has 0 saturated carbocycles. The van der Waals surface area contributed by atoms with Crippen molar-refractivity contribution in [1.29, 1.82) is 0 Å². The van der Waals surface area contributed by atoms with Crippen LogP contribution in [0, 0.1) is 41.5 Å².